The second kappa shape index (κ2) is 6.26. The van der Waals surface area contributed by atoms with E-state index in [0.717, 1.165) is 18.5 Å². The first-order valence-electron chi connectivity index (χ1n) is 6.74. The number of hydrogen-bond donors (Lipinski definition) is 1. The summed E-state index contributed by atoms with van der Waals surface area (Å²) in [4.78, 5) is 12.0. The van der Waals surface area contributed by atoms with Gasteiger partial charge in [0.2, 0.25) is 0 Å². The zero-order chi connectivity index (χ0) is 14.7. The highest BCUT2D eigenvalue weighted by molar-refractivity contribution is 9.10. The minimum Gasteiger partial charge on any atom is -0.398 e. The summed E-state index contributed by atoms with van der Waals surface area (Å²) < 4.78 is 4.01. The molecule has 0 amide bonds. The van der Waals surface area contributed by atoms with Gasteiger partial charge in [-0.05, 0) is 40.9 Å². The Bertz CT molecular complexity index is 643. The number of anilines is 1. The summed E-state index contributed by atoms with van der Waals surface area (Å²) in [7, 11) is 0. The first-order chi connectivity index (χ1) is 9.55. The Morgan fingerprint density at radius 1 is 1.40 bits per heavy atom. The molecule has 0 unspecified atom stereocenters. The third kappa shape index (κ3) is 3.12. The molecule has 0 atom stereocenters. The van der Waals surface area contributed by atoms with Gasteiger partial charge in [-0.15, -0.1) is 0 Å². The smallest absolute Gasteiger partial charge is 0.265 e. The van der Waals surface area contributed by atoms with Gasteiger partial charge < -0.3 is 10.3 Å². The van der Waals surface area contributed by atoms with Gasteiger partial charge in [-0.3, -0.25) is 9.48 Å². The topological polar surface area (TPSA) is 65.8 Å². The number of nitrogens with two attached hydrogens (primary N) is 1. The molecule has 0 saturated heterocycles. The molecule has 5 nitrogen and oxygen atoms in total. The average Bonchev–Trinajstić information content (AvgIpc) is 2.85. The van der Waals surface area contributed by atoms with Crippen molar-refractivity contribution in [2.24, 2.45) is 0 Å². The Hall–Kier alpha value is -1.56. The summed E-state index contributed by atoms with van der Waals surface area (Å²) in [6.45, 7) is 4.72. The van der Waals surface area contributed by atoms with Gasteiger partial charge in [0.15, 0.2) is 0 Å². The summed E-state index contributed by atoms with van der Waals surface area (Å²) in [5, 5.41) is 4.55. The number of aromatic nitrogens is 3. The molecule has 0 aliphatic heterocycles. The van der Waals surface area contributed by atoms with E-state index in [-0.39, 0.29) is 5.56 Å². The average molecular weight is 339 g/mol. The van der Waals surface area contributed by atoms with Gasteiger partial charge in [-0.2, -0.15) is 5.10 Å². The maximum atomic E-state index is 12.0. The fraction of sp³-hybridized carbons (Fsp3) is 0.429. The van der Waals surface area contributed by atoms with Crippen molar-refractivity contribution in [3.8, 4) is 0 Å². The lowest BCUT2D eigenvalue weighted by atomic mass is 10.2. The van der Waals surface area contributed by atoms with Crippen molar-refractivity contribution < 1.29 is 0 Å². The molecule has 20 heavy (non-hydrogen) atoms. The normalized spacial score (nSPS) is 11.2. The Labute approximate surface area is 126 Å². The highest BCUT2D eigenvalue weighted by Gasteiger charge is 2.09. The van der Waals surface area contributed by atoms with Gasteiger partial charge in [0.25, 0.3) is 5.56 Å². The van der Waals surface area contributed by atoms with Crippen molar-refractivity contribution in [3.05, 3.63) is 45.0 Å². The van der Waals surface area contributed by atoms with Crippen molar-refractivity contribution in [2.45, 2.75) is 39.3 Å². The maximum absolute atomic E-state index is 12.0. The minimum absolute atomic E-state index is 0.101. The third-order valence-corrected chi connectivity index (χ3v) is 3.94. The fourth-order valence-electron chi connectivity index (χ4n) is 2.24. The zero-order valence-electron chi connectivity index (χ0n) is 11.7. The van der Waals surface area contributed by atoms with E-state index in [1.165, 1.54) is 0 Å². The van der Waals surface area contributed by atoms with Crippen molar-refractivity contribution in [2.75, 3.05) is 5.73 Å². The summed E-state index contributed by atoms with van der Waals surface area (Å²) in [6, 6.07) is 3.97. The van der Waals surface area contributed by atoms with E-state index in [9.17, 15) is 4.79 Å². The first kappa shape index (κ1) is 14.8. The molecule has 0 aliphatic rings. The molecule has 0 radical (unpaired) electrons. The first-order valence-corrected chi connectivity index (χ1v) is 7.54. The van der Waals surface area contributed by atoms with E-state index >= 15 is 0 Å². The van der Waals surface area contributed by atoms with Crippen molar-refractivity contribution in [1.29, 1.82) is 0 Å². The van der Waals surface area contributed by atoms with Crippen molar-refractivity contribution in [3.63, 3.8) is 0 Å². The molecule has 0 fully saturated rings. The highest BCUT2D eigenvalue weighted by atomic mass is 79.9. The monoisotopic (exact) mass is 338 g/mol. The highest BCUT2D eigenvalue weighted by Crippen LogP contribution is 2.15. The molecule has 2 aromatic heterocycles. The van der Waals surface area contributed by atoms with E-state index in [4.69, 9.17) is 5.73 Å². The second-order valence-corrected chi connectivity index (χ2v) is 5.67. The Balaban J connectivity index is 2.25. The molecule has 0 bridgehead atoms. The number of halogens is 1. The van der Waals surface area contributed by atoms with Crippen LogP contribution in [-0.4, -0.2) is 14.3 Å². The van der Waals surface area contributed by atoms with Crippen LogP contribution in [0.15, 0.2) is 33.8 Å². The number of rotatable bonds is 5. The number of nitrogen functional groups attached to an aromatic ring is 1. The largest absolute Gasteiger partial charge is 0.398 e. The van der Waals surface area contributed by atoms with Crippen LogP contribution in [-0.2, 0) is 6.54 Å². The molecule has 0 aromatic carbocycles. The molecule has 6 heteroatoms. The second-order valence-electron chi connectivity index (χ2n) is 4.81. The Kier molecular flexibility index (Phi) is 4.65. The molecule has 2 rings (SSSR count). The van der Waals surface area contributed by atoms with Gasteiger partial charge in [-0.25, -0.2) is 0 Å². The SMILES string of the molecule is CCC(CC)n1ccc(Cn2cc(N)cc(Br)c2=O)n1. The maximum Gasteiger partial charge on any atom is 0.265 e. The van der Waals surface area contributed by atoms with Gasteiger partial charge >= 0.3 is 0 Å². The molecule has 2 aromatic rings. The Morgan fingerprint density at radius 2 is 2.10 bits per heavy atom. The molecular weight excluding hydrogens is 320 g/mol. The molecule has 0 spiro atoms. The molecule has 2 heterocycles. The van der Waals surface area contributed by atoms with E-state index < -0.39 is 0 Å². The lowest BCUT2D eigenvalue weighted by Crippen LogP contribution is -2.21. The summed E-state index contributed by atoms with van der Waals surface area (Å²) >= 11 is 3.22. The molecular formula is C14H19BrN4O. The van der Waals surface area contributed by atoms with Gasteiger partial charge in [0.1, 0.15) is 0 Å². The summed E-state index contributed by atoms with van der Waals surface area (Å²) in [5.74, 6) is 0. The lowest BCUT2D eigenvalue weighted by Gasteiger charge is -2.12. The van der Waals surface area contributed by atoms with Gasteiger partial charge in [0, 0.05) is 18.1 Å². The van der Waals surface area contributed by atoms with Crippen LogP contribution in [0.4, 0.5) is 5.69 Å². The van der Waals surface area contributed by atoms with Gasteiger partial charge in [0.05, 0.1) is 22.8 Å². The van der Waals surface area contributed by atoms with Crippen molar-refractivity contribution >= 4 is 21.6 Å². The molecule has 0 saturated carbocycles. The van der Waals surface area contributed by atoms with Crippen LogP contribution in [0.1, 0.15) is 38.4 Å². The fourth-order valence-corrected chi connectivity index (χ4v) is 2.73. The third-order valence-electron chi connectivity index (χ3n) is 3.38. The standard InChI is InChI=1S/C14H19BrN4O/c1-3-12(4-2)19-6-5-11(17-19)9-18-8-10(16)7-13(15)14(18)20/h5-8,12H,3-4,9,16H2,1-2H3. The van der Waals surface area contributed by atoms with Crippen LogP contribution in [0.25, 0.3) is 0 Å². The summed E-state index contributed by atoms with van der Waals surface area (Å²) in [6.07, 6.45) is 5.70. The van der Waals surface area contributed by atoms with E-state index in [1.54, 1.807) is 16.8 Å². The minimum atomic E-state index is -0.101. The van der Waals surface area contributed by atoms with E-state index in [1.807, 2.05) is 16.9 Å². The van der Waals surface area contributed by atoms with E-state index in [2.05, 4.69) is 34.9 Å². The van der Waals surface area contributed by atoms with Crippen LogP contribution < -0.4 is 11.3 Å². The quantitative estimate of drug-likeness (QED) is 0.911. The lowest BCUT2D eigenvalue weighted by molar-refractivity contribution is 0.424. The van der Waals surface area contributed by atoms with Crippen LogP contribution in [0.2, 0.25) is 0 Å². The molecule has 0 aliphatic carbocycles. The molecule has 2 N–H and O–H groups in total. The van der Waals surface area contributed by atoms with Gasteiger partial charge in [-0.1, -0.05) is 13.8 Å². The predicted molar refractivity (Wildman–Crippen MR) is 83.8 cm³/mol. The Morgan fingerprint density at radius 3 is 2.75 bits per heavy atom. The number of pyridine rings is 1. The predicted octanol–water partition coefficient (Wildman–Crippen LogP) is 2.80. The zero-order valence-corrected chi connectivity index (χ0v) is 13.3. The van der Waals surface area contributed by atoms with Crippen molar-refractivity contribution in [1.82, 2.24) is 14.3 Å². The van der Waals surface area contributed by atoms with Crippen LogP contribution >= 0.6 is 15.9 Å². The van der Waals surface area contributed by atoms with Crippen LogP contribution in [0.3, 0.4) is 0 Å². The van der Waals surface area contributed by atoms with Crippen LogP contribution in [0, 0.1) is 0 Å². The number of hydrogen-bond acceptors (Lipinski definition) is 3. The number of nitrogens with zero attached hydrogens (tertiary/aromatic N) is 3. The summed E-state index contributed by atoms with van der Waals surface area (Å²) in [5.41, 5.74) is 7.07. The van der Waals surface area contributed by atoms with E-state index in [0.29, 0.717) is 22.7 Å². The van der Waals surface area contributed by atoms with Crippen LogP contribution in [0.5, 0.6) is 0 Å². The molecule has 108 valence electrons.